The van der Waals surface area contributed by atoms with Gasteiger partial charge in [-0.05, 0) is 0 Å². The highest BCUT2D eigenvalue weighted by Gasteiger charge is 1.88. The molecule has 0 aliphatic carbocycles. The van der Waals surface area contributed by atoms with E-state index in [0.29, 0.717) is 19.6 Å². The number of nitrogens with two attached hydrogens (primary N) is 3. The van der Waals surface area contributed by atoms with Crippen LogP contribution in [0.2, 0.25) is 0 Å². The molecule has 0 heterocycles. The average molecular weight is 293 g/mol. The fourth-order valence-electron chi connectivity index (χ4n) is 1.23. The molecule has 0 aromatic carbocycles. The average Bonchev–Trinajstić information content (AvgIpc) is 2.49. The molecule has 0 saturated carbocycles. The predicted molar refractivity (Wildman–Crippen MR) is 85.7 cm³/mol. The lowest BCUT2D eigenvalue weighted by molar-refractivity contribution is 0.306. The molecule has 0 amide bonds. The molecule has 0 spiro atoms. The fraction of sp³-hybridized carbons (Fsp3) is 1.00. The van der Waals surface area contributed by atoms with Crippen molar-refractivity contribution < 1.29 is 5.11 Å². The molecule has 0 aromatic rings. The van der Waals surface area contributed by atoms with Crippen molar-refractivity contribution in [3.05, 3.63) is 0 Å². The normalized spacial score (nSPS) is 10.2. The summed E-state index contributed by atoms with van der Waals surface area (Å²) in [5, 5.41) is 20.9. The zero-order valence-corrected chi connectivity index (χ0v) is 12.7. The van der Waals surface area contributed by atoms with Gasteiger partial charge in [-0.3, -0.25) is 0 Å². The Morgan fingerprint density at radius 3 is 0.950 bits per heavy atom. The molecule has 0 atom stereocenters. The highest BCUT2D eigenvalue weighted by Crippen LogP contribution is 1.62. The van der Waals surface area contributed by atoms with Crippen LogP contribution < -0.4 is 38.5 Å². The second-order valence-corrected chi connectivity index (χ2v) is 4.09. The molecule has 0 unspecified atom stereocenters. The number of hydrogen-bond acceptors (Lipinski definition) is 8. The Balaban J connectivity index is 0. The summed E-state index contributed by atoms with van der Waals surface area (Å²) in [4.78, 5) is 0. The summed E-state index contributed by atoms with van der Waals surface area (Å²) in [6.45, 7) is 9.63. The first kappa shape index (κ1) is 22.0. The molecule has 0 fully saturated rings. The largest absolute Gasteiger partial charge is 0.395 e. The van der Waals surface area contributed by atoms with Crippen LogP contribution in [-0.2, 0) is 0 Å². The molecule has 124 valence electrons. The summed E-state index contributed by atoms with van der Waals surface area (Å²) in [6.07, 6.45) is 0. The Morgan fingerprint density at radius 2 is 0.750 bits per heavy atom. The minimum atomic E-state index is 0.0972. The third-order valence-corrected chi connectivity index (χ3v) is 2.21. The lowest BCUT2D eigenvalue weighted by atomic mass is 10.5. The quantitative estimate of drug-likeness (QED) is 0.152. The summed E-state index contributed by atoms with van der Waals surface area (Å²) in [5.74, 6) is 0. The van der Waals surface area contributed by atoms with E-state index >= 15 is 0 Å². The van der Waals surface area contributed by atoms with E-state index in [1.165, 1.54) is 0 Å². The summed E-state index contributed by atoms with van der Waals surface area (Å²) < 4.78 is 0. The van der Waals surface area contributed by atoms with Crippen molar-refractivity contribution in [1.82, 2.24) is 21.3 Å². The molecule has 0 radical (unpaired) electrons. The molecular weight excluding hydrogens is 258 g/mol. The molecule has 0 aliphatic rings. The molecular formula is C12H35N7O. The van der Waals surface area contributed by atoms with Crippen LogP contribution in [0, 0.1) is 0 Å². The maximum absolute atomic E-state index is 7.75. The van der Waals surface area contributed by atoms with Gasteiger partial charge in [0.2, 0.25) is 0 Å². The first-order valence-electron chi connectivity index (χ1n) is 7.37. The van der Waals surface area contributed by atoms with E-state index in [9.17, 15) is 0 Å². The van der Waals surface area contributed by atoms with Crippen LogP contribution in [0.4, 0.5) is 0 Å². The third kappa shape index (κ3) is 26.3. The first-order chi connectivity index (χ1) is 9.83. The van der Waals surface area contributed by atoms with Gasteiger partial charge in [-0.15, -0.1) is 0 Å². The van der Waals surface area contributed by atoms with Gasteiger partial charge in [0.15, 0.2) is 0 Å². The van der Waals surface area contributed by atoms with Crippen molar-refractivity contribution in [3.63, 3.8) is 0 Å². The van der Waals surface area contributed by atoms with Gasteiger partial charge in [-0.1, -0.05) is 0 Å². The Labute approximate surface area is 123 Å². The zero-order chi connectivity index (χ0) is 15.3. The summed E-state index contributed by atoms with van der Waals surface area (Å²) in [5.41, 5.74) is 15.5. The van der Waals surface area contributed by atoms with Gasteiger partial charge in [0.1, 0.15) is 0 Å². The van der Waals surface area contributed by atoms with E-state index < -0.39 is 0 Å². The minimum Gasteiger partial charge on any atom is -0.395 e. The van der Waals surface area contributed by atoms with Crippen LogP contribution in [0.15, 0.2) is 0 Å². The lowest BCUT2D eigenvalue weighted by Crippen LogP contribution is -2.36. The van der Waals surface area contributed by atoms with Gasteiger partial charge in [-0.25, -0.2) is 0 Å². The van der Waals surface area contributed by atoms with Crippen molar-refractivity contribution in [2.24, 2.45) is 17.2 Å². The molecule has 0 saturated heterocycles. The molecule has 8 heteroatoms. The molecule has 11 N–H and O–H groups in total. The minimum absolute atomic E-state index is 0.0972. The number of hydrogen-bond donors (Lipinski definition) is 8. The van der Waals surface area contributed by atoms with Gasteiger partial charge >= 0.3 is 0 Å². The van der Waals surface area contributed by atoms with E-state index in [4.69, 9.17) is 22.3 Å². The third-order valence-electron chi connectivity index (χ3n) is 2.21. The number of nitrogens with one attached hydrogen (secondary N) is 4. The van der Waals surface area contributed by atoms with Crippen molar-refractivity contribution in [3.8, 4) is 0 Å². The molecule has 8 nitrogen and oxygen atoms in total. The van der Waals surface area contributed by atoms with Crippen molar-refractivity contribution in [2.45, 2.75) is 0 Å². The Bertz CT molecular complexity index is 136. The standard InChI is InChI=1S/C10H28N6.C2H7NO/c11-1-3-13-5-7-15-9-10-16-8-6-14-4-2-12;3-1-2-4/h13-16H,1-12H2;4H,1-3H2. The Hall–Kier alpha value is -0.320. The highest BCUT2D eigenvalue weighted by molar-refractivity contribution is 4.56. The molecule has 0 rings (SSSR count). The van der Waals surface area contributed by atoms with Crippen LogP contribution in [0.1, 0.15) is 0 Å². The zero-order valence-electron chi connectivity index (χ0n) is 12.7. The Kier molecular flexibility index (Phi) is 26.1. The monoisotopic (exact) mass is 293 g/mol. The second kappa shape index (κ2) is 23.7. The lowest BCUT2D eigenvalue weighted by Gasteiger charge is -2.07. The fourth-order valence-corrected chi connectivity index (χ4v) is 1.23. The number of rotatable bonds is 14. The maximum Gasteiger partial charge on any atom is 0.0553 e. The summed E-state index contributed by atoms with van der Waals surface area (Å²) >= 11 is 0. The van der Waals surface area contributed by atoms with Crippen LogP contribution >= 0.6 is 0 Å². The second-order valence-electron chi connectivity index (χ2n) is 4.09. The topological polar surface area (TPSA) is 146 Å². The van der Waals surface area contributed by atoms with E-state index in [1.807, 2.05) is 0 Å². The van der Waals surface area contributed by atoms with Gasteiger partial charge in [0.25, 0.3) is 0 Å². The van der Waals surface area contributed by atoms with Gasteiger partial charge < -0.3 is 43.6 Å². The SMILES string of the molecule is NCCNCCNCCNCCNCCN.NCCO. The van der Waals surface area contributed by atoms with E-state index in [1.54, 1.807) is 0 Å². The molecule has 0 aromatic heterocycles. The van der Waals surface area contributed by atoms with Crippen molar-refractivity contribution >= 4 is 0 Å². The van der Waals surface area contributed by atoms with Gasteiger partial charge in [-0.2, -0.15) is 0 Å². The van der Waals surface area contributed by atoms with E-state index in [0.717, 1.165) is 52.4 Å². The van der Waals surface area contributed by atoms with Crippen molar-refractivity contribution in [2.75, 3.05) is 78.6 Å². The van der Waals surface area contributed by atoms with E-state index in [-0.39, 0.29) is 6.61 Å². The number of aliphatic hydroxyl groups excluding tert-OH is 1. The van der Waals surface area contributed by atoms with Gasteiger partial charge in [0.05, 0.1) is 6.61 Å². The van der Waals surface area contributed by atoms with Crippen LogP contribution in [0.25, 0.3) is 0 Å². The molecule has 0 bridgehead atoms. The first-order valence-corrected chi connectivity index (χ1v) is 7.37. The van der Waals surface area contributed by atoms with Crippen LogP contribution in [-0.4, -0.2) is 83.7 Å². The van der Waals surface area contributed by atoms with Gasteiger partial charge in [0, 0.05) is 72.0 Å². The summed E-state index contributed by atoms with van der Waals surface area (Å²) in [7, 11) is 0. The van der Waals surface area contributed by atoms with Crippen molar-refractivity contribution in [1.29, 1.82) is 0 Å². The highest BCUT2D eigenvalue weighted by atomic mass is 16.3. The maximum atomic E-state index is 7.75. The smallest absolute Gasteiger partial charge is 0.0553 e. The molecule has 0 aliphatic heterocycles. The summed E-state index contributed by atoms with van der Waals surface area (Å²) in [6, 6.07) is 0. The number of aliphatic hydroxyl groups is 1. The van der Waals surface area contributed by atoms with Crippen LogP contribution in [0.5, 0.6) is 0 Å². The van der Waals surface area contributed by atoms with Crippen LogP contribution in [0.3, 0.4) is 0 Å². The van der Waals surface area contributed by atoms with E-state index in [2.05, 4.69) is 21.3 Å². The predicted octanol–water partition coefficient (Wildman–Crippen LogP) is -3.80. The molecule has 20 heavy (non-hydrogen) atoms. The Morgan fingerprint density at radius 1 is 0.500 bits per heavy atom.